The number of imidazole rings is 1. The molecular weight excluding hydrogens is 186 g/mol. The van der Waals surface area contributed by atoms with Gasteiger partial charge in [0.25, 0.3) is 0 Å². The predicted molar refractivity (Wildman–Crippen MR) is 60.2 cm³/mol. The van der Waals surface area contributed by atoms with Crippen molar-refractivity contribution < 1.29 is 0 Å². The fourth-order valence-electron chi connectivity index (χ4n) is 1.57. The Morgan fingerprint density at radius 2 is 2.07 bits per heavy atom. The van der Waals surface area contributed by atoms with Gasteiger partial charge in [-0.15, -0.1) is 0 Å². The summed E-state index contributed by atoms with van der Waals surface area (Å²) in [5, 5.41) is 0. The van der Waals surface area contributed by atoms with E-state index < -0.39 is 0 Å². The number of rotatable bonds is 4. The molecule has 3 heteroatoms. The summed E-state index contributed by atoms with van der Waals surface area (Å²) in [5.74, 6) is 0. The Morgan fingerprint density at radius 3 is 2.73 bits per heavy atom. The molecule has 0 aliphatic rings. The Hall–Kier alpha value is -1.61. The fraction of sp³-hybridized carbons (Fsp3) is 0.250. The standard InChI is InChI=1S/C12H15N3/c13-12(11-4-2-1-3-5-11)6-8-15-9-7-14-10-15/h1-5,7,9-10,12H,6,8,13H2/t12-/m0/s1. The highest BCUT2D eigenvalue weighted by Gasteiger charge is 2.04. The maximum Gasteiger partial charge on any atom is 0.0945 e. The third kappa shape index (κ3) is 2.67. The van der Waals surface area contributed by atoms with Crippen molar-refractivity contribution >= 4 is 0 Å². The quantitative estimate of drug-likeness (QED) is 0.822. The van der Waals surface area contributed by atoms with Gasteiger partial charge in [-0.2, -0.15) is 0 Å². The van der Waals surface area contributed by atoms with Crippen LogP contribution in [-0.2, 0) is 6.54 Å². The minimum Gasteiger partial charge on any atom is -0.337 e. The number of benzene rings is 1. The van der Waals surface area contributed by atoms with E-state index in [-0.39, 0.29) is 6.04 Å². The van der Waals surface area contributed by atoms with Gasteiger partial charge < -0.3 is 10.3 Å². The van der Waals surface area contributed by atoms with Crippen LogP contribution in [0.3, 0.4) is 0 Å². The topological polar surface area (TPSA) is 43.8 Å². The van der Waals surface area contributed by atoms with Crippen LogP contribution in [0, 0.1) is 0 Å². The molecule has 0 fully saturated rings. The van der Waals surface area contributed by atoms with Gasteiger partial charge in [0, 0.05) is 25.0 Å². The molecule has 0 unspecified atom stereocenters. The van der Waals surface area contributed by atoms with E-state index in [1.165, 1.54) is 5.56 Å². The van der Waals surface area contributed by atoms with E-state index in [0.717, 1.165) is 13.0 Å². The molecule has 1 heterocycles. The van der Waals surface area contributed by atoms with Crippen molar-refractivity contribution in [2.45, 2.75) is 19.0 Å². The van der Waals surface area contributed by atoms with E-state index in [2.05, 4.69) is 17.1 Å². The lowest BCUT2D eigenvalue weighted by atomic mass is 10.1. The first kappa shape index (κ1) is 9.93. The minimum atomic E-state index is 0.105. The Morgan fingerprint density at radius 1 is 1.27 bits per heavy atom. The molecule has 2 aromatic rings. The Kier molecular flexibility index (Phi) is 3.15. The van der Waals surface area contributed by atoms with Crippen molar-refractivity contribution in [3.63, 3.8) is 0 Å². The summed E-state index contributed by atoms with van der Waals surface area (Å²) in [7, 11) is 0. The molecule has 3 nitrogen and oxygen atoms in total. The maximum atomic E-state index is 6.08. The highest BCUT2D eigenvalue weighted by Crippen LogP contribution is 2.13. The molecule has 1 aromatic heterocycles. The SMILES string of the molecule is N[C@@H](CCn1ccnc1)c1ccccc1. The lowest BCUT2D eigenvalue weighted by Gasteiger charge is -2.11. The Balaban J connectivity index is 1.90. The zero-order valence-corrected chi connectivity index (χ0v) is 8.58. The van der Waals surface area contributed by atoms with Gasteiger partial charge >= 0.3 is 0 Å². The first-order valence-corrected chi connectivity index (χ1v) is 5.12. The number of nitrogens with two attached hydrogens (primary N) is 1. The number of hydrogen-bond donors (Lipinski definition) is 1. The fourth-order valence-corrected chi connectivity index (χ4v) is 1.57. The Labute approximate surface area is 89.6 Å². The van der Waals surface area contributed by atoms with Crippen LogP contribution >= 0.6 is 0 Å². The van der Waals surface area contributed by atoms with Crippen molar-refractivity contribution in [2.75, 3.05) is 0 Å². The van der Waals surface area contributed by atoms with Crippen LogP contribution < -0.4 is 5.73 Å². The summed E-state index contributed by atoms with van der Waals surface area (Å²) < 4.78 is 2.04. The van der Waals surface area contributed by atoms with Gasteiger partial charge in [0.15, 0.2) is 0 Å². The number of nitrogens with zero attached hydrogens (tertiary/aromatic N) is 2. The van der Waals surface area contributed by atoms with Gasteiger partial charge in [0.2, 0.25) is 0 Å². The average Bonchev–Trinajstić information content (AvgIpc) is 2.80. The van der Waals surface area contributed by atoms with Gasteiger partial charge in [-0.25, -0.2) is 4.98 Å². The van der Waals surface area contributed by atoms with Crippen molar-refractivity contribution in [1.82, 2.24) is 9.55 Å². The molecule has 0 saturated heterocycles. The number of aryl methyl sites for hydroxylation is 1. The summed E-state index contributed by atoms with van der Waals surface area (Å²) in [4.78, 5) is 4.00. The molecule has 2 N–H and O–H groups in total. The van der Waals surface area contributed by atoms with Gasteiger partial charge in [-0.05, 0) is 12.0 Å². The minimum absolute atomic E-state index is 0.105. The molecule has 0 spiro atoms. The lowest BCUT2D eigenvalue weighted by Crippen LogP contribution is -2.12. The molecular formula is C12H15N3. The van der Waals surface area contributed by atoms with E-state index in [9.17, 15) is 0 Å². The lowest BCUT2D eigenvalue weighted by molar-refractivity contribution is 0.560. The molecule has 0 aliphatic carbocycles. The summed E-state index contributed by atoms with van der Waals surface area (Å²) in [5.41, 5.74) is 7.27. The molecule has 0 saturated carbocycles. The Bertz CT molecular complexity index is 381. The summed E-state index contributed by atoms with van der Waals surface area (Å²) in [6, 6.07) is 10.3. The second kappa shape index (κ2) is 4.75. The summed E-state index contributed by atoms with van der Waals surface area (Å²) in [6.07, 6.45) is 6.49. The normalized spacial score (nSPS) is 12.6. The van der Waals surface area contributed by atoms with Crippen molar-refractivity contribution in [1.29, 1.82) is 0 Å². The van der Waals surface area contributed by atoms with E-state index in [0.29, 0.717) is 0 Å². The van der Waals surface area contributed by atoms with Gasteiger partial charge in [-0.1, -0.05) is 30.3 Å². The van der Waals surface area contributed by atoms with Crippen LogP contribution in [-0.4, -0.2) is 9.55 Å². The third-order valence-electron chi connectivity index (χ3n) is 2.49. The molecule has 0 radical (unpaired) electrons. The molecule has 0 bridgehead atoms. The van der Waals surface area contributed by atoms with Crippen molar-refractivity contribution in [3.05, 3.63) is 54.6 Å². The largest absolute Gasteiger partial charge is 0.337 e. The maximum absolute atomic E-state index is 6.08. The van der Waals surface area contributed by atoms with E-state index >= 15 is 0 Å². The summed E-state index contributed by atoms with van der Waals surface area (Å²) in [6.45, 7) is 0.913. The average molecular weight is 201 g/mol. The smallest absolute Gasteiger partial charge is 0.0945 e. The predicted octanol–water partition coefficient (Wildman–Crippen LogP) is 1.97. The van der Waals surface area contributed by atoms with E-state index in [1.54, 1.807) is 6.20 Å². The van der Waals surface area contributed by atoms with Gasteiger partial charge in [0.1, 0.15) is 0 Å². The highest BCUT2D eigenvalue weighted by atomic mass is 15.0. The van der Waals surface area contributed by atoms with Gasteiger partial charge in [0.05, 0.1) is 6.33 Å². The van der Waals surface area contributed by atoms with Crippen LogP contribution in [0.5, 0.6) is 0 Å². The molecule has 0 aliphatic heterocycles. The third-order valence-corrected chi connectivity index (χ3v) is 2.49. The molecule has 1 aromatic carbocycles. The molecule has 1 atom stereocenters. The highest BCUT2D eigenvalue weighted by molar-refractivity contribution is 5.18. The van der Waals surface area contributed by atoms with Crippen LogP contribution in [0.1, 0.15) is 18.0 Å². The van der Waals surface area contributed by atoms with Crippen LogP contribution in [0.2, 0.25) is 0 Å². The van der Waals surface area contributed by atoms with Crippen molar-refractivity contribution in [2.24, 2.45) is 5.73 Å². The monoisotopic (exact) mass is 201 g/mol. The number of aromatic nitrogens is 2. The summed E-state index contributed by atoms with van der Waals surface area (Å²) >= 11 is 0. The molecule has 2 rings (SSSR count). The van der Waals surface area contributed by atoms with Crippen LogP contribution in [0.25, 0.3) is 0 Å². The van der Waals surface area contributed by atoms with Crippen molar-refractivity contribution in [3.8, 4) is 0 Å². The molecule has 15 heavy (non-hydrogen) atoms. The van der Waals surface area contributed by atoms with Crippen LogP contribution in [0.15, 0.2) is 49.1 Å². The second-order valence-electron chi connectivity index (χ2n) is 3.61. The zero-order valence-electron chi connectivity index (χ0n) is 8.58. The number of hydrogen-bond acceptors (Lipinski definition) is 2. The first-order valence-electron chi connectivity index (χ1n) is 5.12. The van der Waals surface area contributed by atoms with E-state index in [1.807, 2.05) is 35.3 Å². The molecule has 78 valence electrons. The van der Waals surface area contributed by atoms with Crippen LogP contribution in [0.4, 0.5) is 0 Å². The molecule has 0 amide bonds. The first-order chi connectivity index (χ1) is 7.36. The zero-order chi connectivity index (χ0) is 10.5. The van der Waals surface area contributed by atoms with E-state index in [4.69, 9.17) is 5.73 Å². The second-order valence-corrected chi connectivity index (χ2v) is 3.61. The van der Waals surface area contributed by atoms with Gasteiger partial charge in [-0.3, -0.25) is 0 Å².